The lowest BCUT2D eigenvalue weighted by atomic mass is 10.1. The number of carbonyl (C=O) groups excluding carboxylic acids is 1. The molecule has 0 fully saturated rings. The Bertz CT molecular complexity index is 1640. The number of anilines is 1. The monoisotopic (exact) mass is 498 g/mol. The van der Waals surface area contributed by atoms with Crippen LogP contribution < -0.4 is 15.6 Å². The van der Waals surface area contributed by atoms with Crippen molar-refractivity contribution >= 4 is 45.3 Å². The van der Waals surface area contributed by atoms with Crippen LogP contribution in [0, 0.1) is 13.8 Å². The number of nitrogens with zero attached hydrogens (tertiary/aromatic N) is 2. The lowest BCUT2D eigenvalue weighted by molar-refractivity contribution is -0.113. The molecule has 0 atom stereocenters. The molecule has 1 amide bonds. The molecule has 2 aromatic heterocycles. The van der Waals surface area contributed by atoms with Crippen LogP contribution in [0.5, 0.6) is 5.75 Å². The fourth-order valence-electron chi connectivity index (χ4n) is 4.13. The number of carbonyl (C=O) groups is 1. The first-order valence-corrected chi connectivity index (χ1v) is 12.7. The molecule has 0 aliphatic heterocycles. The van der Waals surface area contributed by atoms with Gasteiger partial charge < -0.3 is 15.0 Å². The number of thioether (sulfide) groups is 1. The second kappa shape index (κ2) is 9.91. The van der Waals surface area contributed by atoms with Crippen LogP contribution >= 0.6 is 11.8 Å². The molecule has 0 saturated carbocycles. The number of aromatic nitrogens is 3. The molecule has 36 heavy (non-hydrogen) atoms. The first kappa shape index (κ1) is 23.7. The minimum atomic E-state index is -0.224. The van der Waals surface area contributed by atoms with Gasteiger partial charge in [0.25, 0.3) is 5.56 Å². The van der Waals surface area contributed by atoms with Gasteiger partial charge in [0.1, 0.15) is 16.8 Å². The van der Waals surface area contributed by atoms with Gasteiger partial charge in [0.15, 0.2) is 5.16 Å². The number of aromatic amines is 1. The lowest BCUT2D eigenvalue weighted by Crippen LogP contribution is -2.23. The number of aryl methyl sites for hydroxylation is 1. The van der Waals surface area contributed by atoms with Gasteiger partial charge in [0.2, 0.25) is 5.91 Å². The third kappa shape index (κ3) is 4.47. The standard InChI is InChI=1S/C28H26N4O3S/c1-4-35-20-14-12-19(13-15-20)32-27(34)26-25(21-9-5-6-10-23(21)30-26)31-28(32)36-16-24(33)29-22-11-7-8-17(2)18(22)3/h5-15,30H,4,16H2,1-3H3,(H,29,33). The fraction of sp³-hybridized carbons (Fsp3) is 0.179. The van der Waals surface area contributed by atoms with Crippen LogP contribution in [0.25, 0.3) is 27.6 Å². The van der Waals surface area contributed by atoms with Crippen LogP contribution in [0.3, 0.4) is 0 Å². The van der Waals surface area contributed by atoms with Gasteiger partial charge in [-0.05, 0) is 68.3 Å². The molecule has 2 N–H and O–H groups in total. The summed E-state index contributed by atoms with van der Waals surface area (Å²) in [5, 5.41) is 4.29. The summed E-state index contributed by atoms with van der Waals surface area (Å²) in [6.45, 7) is 6.46. The molecule has 0 radical (unpaired) electrons. The summed E-state index contributed by atoms with van der Waals surface area (Å²) in [5.41, 5.74) is 5.20. The Hall–Kier alpha value is -4.04. The van der Waals surface area contributed by atoms with Gasteiger partial charge >= 0.3 is 0 Å². The zero-order valence-electron chi connectivity index (χ0n) is 20.3. The zero-order valence-corrected chi connectivity index (χ0v) is 21.1. The van der Waals surface area contributed by atoms with E-state index in [1.54, 1.807) is 4.57 Å². The first-order valence-electron chi connectivity index (χ1n) is 11.7. The molecule has 5 rings (SSSR count). The molecular weight excluding hydrogens is 472 g/mol. The fourth-order valence-corrected chi connectivity index (χ4v) is 4.93. The molecule has 0 aliphatic rings. The Balaban J connectivity index is 1.54. The highest BCUT2D eigenvalue weighted by molar-refractivity contribution is 7.99. The maximum atomic E-state index is 13.7. The highest BCUT2D eigenvalue weighted by Crippen LogP contribution is 2.27. The molecule has 8 heteroatoms. The number of nitrogens with one attached hydrogen (secondary N) is 2. The average Bonchev–Trinajstić information content (AvgIpc) is 3.26. The number of hydrogen-bond donors (Lipinski definition) is 2. The van der Waals surface area contributed by atoms with E-state index in [0.717, 1.165) is 33.5 Å². The maximum Gasteiger partial charge on any atom is 0.283 e. The first-order chi connectivity index (χ1) is 17.5. The van der Waals surface area contributed by atoms with Crippen molar-refractivity contribution in [2.45, 2.75) is 25.9 Å². The van der Waals surface area contributed by atoms with Crippen LogP contribution in [0.1, 0.15) is 18.1 Å². The van der Waals surface area contributed by atoms with Gasteiger partial charge in [0, 0.05) is 16.6 Å². The molecule has 3 aromatic carbocycles. The maximum absolute atomic E-state index is 13.7. The van der Waals surface area contributed by atoms with Gasteiger partial charge in [-0.25, -0.2) is 4.98 Å². The van der Waals surface area contributed by atoms with Gasteiger partial charge in [-0.2, -0.15) is 0 Å². The Morgan fingerprint density at radius 2 is 1.83 bits per heavy atom. The molecule has 5 aromatic rings. The van der Waals surface area contributed by atoms with E-state index in [1.807, 2.05) is 87.5 Å². The van der Waals surface area contributed by atoms with Crippen LogP contribution in [0.15, 0.2) is 76.7 Å². The minimum Gasteiger partial charge on any atom is -0.494 e. The number of benzene rings is 3. The summed E-state index contributed by atoms with van der Waals surface area (Å²) in [6.07, 6.45) is 0. The SMILES string of the molecule is CCOc1ccc(-n2c(SCC(=O)Nc3cccc(C)c3C)nc3c([nH]c4ccccc43)c2=O)cc1. The van der Waals surface area contributed by atoms with Gasteiger partial charge in [-0.3, -0.25) is 14.2 Å². The van der Waals surface area contributed by atoms with E-state index in [2.05, 4.69) is 10.3 Å². The molecule has 0 spiro atoms. The normalized spacial score (nSPS) is 11.2. The van der Waals surface area contributed by atoms with Crippen LogP contribution in [-0.4, -0.2) is 32.8 Å². The van der Waals surface area contributed by atoms with E-state index in [4.69, 9.17) is 9.72 Å². The van der Waals surface area contributed by atoms with Gasteiger partial charge in [-0.15, -0.1) is 0 Å². The van der Waals surface area contributed by atoms with Crippen LogP contribution in [0.2, 0.25) is 0 Å². The number of fused-ring (bicyclic) bond motifs is 3. The number of hydrogen-bond acceptors (Lipinski definition) is 5. The van der Waals surface area contributed by atoms with Crippen molar-refractivity contribution in [3.63, 3.8) is 0 Å². The van der Waals surface area contributed by atoms with E-state index in [0.29, 0.717) is 28.5 Å². The average molecular weight is 499 g/mol. The van der Waals surface area contributed by atoms with E-state index in [9.17, 15) is 9.59 Å². The third-order valence-electron chi connectivity index (χ3n) is 6.11. The molecule has 0 bridgehead atoms. The van der Waals surface area contributed by atoms with E-state index in [1.165, 1.54) is 11.8 Å². The summed E-state index contributed by atoms with van der Waals surface area (Å²) in [7, 11) is 0. The summed E-state index contributed by atoms with van der Waals surface area (Å²) >= 11 is 1.23. The summed E-state index contributed by atoms with van der Waals surface area (Å²) in [5.74, 6) is 0.654. The summed E-state index contributed by atoms with van der Waals surface area (Å²) in [6, 6.07) is 20.8. The quantitative estimate of drug-likeness (QED) is 0.225. The molecule has 2 heterocycles. The molecule has 0 unspecified atom stereocenters. The van der Waals surface area contributed by atoms with Crippen molar-refractivity contribution in [2.75, 3.05) is 17.7 Å². The number of H-pyrrole nitrogens is 1. The number of amides is 1. The smallest absolute Gasteiger partial charge is 0.283 e. The Labute approximate surface area is 212 Å². The van der Waals surface area contributed by atoms with Crippen molar-refractivity contribution in [1.29, 1.82) is 0 Å². The highest BCUT2D eigenvalue weighted by Gasteiger charge is 2.18. The molecular formula is C28H26N4O3S. The van der Waals surface area contributed by atoms with Crippen LogP contribution in [-0.2, 0) is 4.79 Å². The Morgan fingerprint density at radius 1 is 1.06 bits per heavy atom. The number of ether oxygens (including phenoxy) is 1. The predicted octanol–water partition coefficient (Wildman–Crippen LogP) is 5.61. The minimum absolute atomic E-state index is 0.102. The van der Waals surface area contributed by atoms with Gasteiger partial charge in [-0.1, -0.05) is 42.1 Å². The zero-order chi connectivity index (χ0) is 25.2. The topological polar surface area (TPSA) is 89.0 Å². The summed E-state index contributed by atoms with van der Waals surface area (Å²) in [4.78, 5) is 34.6. The predicted molar refractivity (Wildman–Crippen MR) is 146 cm³/mol. The van der Waals surface area contributed by atoms with Crippen LogP contribution in [0.4, 0.5) is 5.69 Å². The molecule has 0 aliphatic carbocycles. The van der Waals surface area contributed by atoms with Crippen molar-refractivity contribution < 1.29 is 9.53 Å². The largest absolute Gasteiger partial charge is 0.494 e. The van der Waals surface area contributed by atoms with E-state index >= 15 is 0 Å². The van der Waals surface area contributed by atoms with Crippen molar-refractivity contribution in [3.05, 3.63) is 88.2 Å². The van der Waals surface area contributed by atoms with Crippen molar-refractivity contribution in [3.8, 4) is 11.4 Å². The molecule has 182 valence electrons. The number of para-hydroxylation sites is 1. The Kier molecular flexibility index (Phi) is 6.52. The van der Waals surface area contributed by atoms with Gasteiger partial charge in [0.05, 0.1) is 18.0 Å². The summed E-state index contributed by atoms with van der Waals surface area (Å²) < 4.78 is 7.10. The highest BCUT2D eigenvalue weighted by atomic mass is 32.2. The van der Waals surface area contributed by atoms with Crippen molar-refractivity contribution in [1.82, 2.24) is 14.5 Å². The van der Waals surface area contributed by atoms with E-state index < -0.39 is 0 Å². The molecule has 0 saturated heterocycles. The Morgan fingerprint density at radius 3 is 2.61 bits per heavy atom. The third-order valence-corrected chi connectivity index (χ3v) is 7.05. The van der Waals surface area contributed by atoms with Crippen molar-refractivity contribution in [2.24, 2.45) is 0 Å². The van der Waals surface area contributed by atoms with E-state index in [-0.39, 0.29) is 17.2 Å². The second-order valence-corrected chi connectivity index (χ2v) is 9.38. The second-order valence-electron chi connectivity index (χ2n) is 8.44. The molecule has 7 nitrogen and oxygen atoms in total. The lowest BCUT2D eigenvalue weighted by Gasteiger charge is -2.14. The number of rotatable bonds is 7.